The van der Waals surface area contributed by atoms with Crippen molar-refractivity contribution < 1.29 is 53.5 Å². The van der Waals surface area contributed by atoms with Crippen molar-refractivity contribution in [2.24, 2.45) is 10.3 Å². The summed E-state index contributed by atoms with van der Waals surface area (Å²) in [7, 11) is 0. The third kappa shape index (κ3) is 7.34. The minimum Gasteiger partial charge on any atom is -1.00 e. The molecule has 8 heteroatoms. The molecule has 0 fully saturated rings. The molecule has 2 rings (SSSR count). The summed E-state index contributed by atoms with van der Waals surface area (Å²) in [5.41, 5.74) is 1.73. The van der Waals surface area contributed by atoms with Gasteiger partial charge in [-0.1, -0.05) is 10.3 Å². The highest BCUT2D eigenvalue weighted by molar-refractivity contribution is 5.78. The summed E-state index contributed by atoms with van der Waals surface area (Å²) in [6, 6.07) is 7.59. The van der Waals surface area contributed by atoms with Crippen LogP contribution < -0.4 is 43.1 Å². The molecule has 2 aromatic rings. The Labute approximate surface area is 155 Å². The van der Waals surface area contributed by atoms with Crippen molar-refractivity contribution in [3.8, 4) is 0 Å². The van der Waals surface area contributed by atoms with Crippen molar-refractivity contribution in [3.05, 3.63) is 60.2 Å². The number of hydrogen-bond acceptors (Lipinski definition) is 4. The fourth-order valence-corrected chi connectivity index (χ4v) is 1.98. The van der Waals surface area contributed by atoms with E-state index in [1.807, 2.05) is 49.1 Å². The van der Waals surface area contributed by atoms with Crippen LogP contribution in [0.5, 0.6) is 0 Å². The Morgan fingerprint density at radius 3 is 1.39 bits per heavy atom. The van der Waals surface area contributed by atoms with Gasteiger partial charge in [0.2, 0.25) is 0 Å². The smallest absolute Gasteiger partial charge is 0.169 e. The van der Waals surface area contributed by atoms with E-state index >= 15 is 0 Å². The lowest BCUT2D eigenvalue weighted by Crippen LogP contribution is -3.00. The maximum atomic E-state index is 8.45. The monoisotopic (exact) mass is 444 g/mol. The summed E-state index contributed by atoms with van der Waals surface area (Å²) in [5, 5.41) is 22.9. The second kappa shape index (κ2) is 11.7. The molecule has 0 aliphatic carbocycles. The Morgan fingerprint density at radius 1 is 0.739 bits per heavy atom. The van der Waals surface area contributed by atoms with Crippen LogP contribution >= 0.6 is 0 Å². The zero-order valence-corrected chi connectivity index (χ0v) is 15.5. The largest absolute Gasteiger partial charge is 1.00 e. The highest BCUT2D eigenvalue weighted by Crippen LogP contribution is 1.92. The minimum atomic E-state index is 0. The second-order valence-corrected chi connectivity index (χ2v) is 4.58. The Kier molecular flexibility index (Phi) is 10.8. The molecule has 2 heterocycles. The van der Waals surface area contributed by atoms with Crippen molar-refractivity contribution >= 4 is 12.4 Å². The average Bonchev–Trinajstić information content (AvgIpc) is 2.51. The van der Waals surface area contributed by atoms with Crippen LogP contribution in [0.2, 0.25) is 0 Å². The number of rotatable bonds is 6. The van der Waals surface area contributed by atoms with E-state index in [-0.39, 0.29) is 34.0 Å². The Morgan fingerprint density at radius 2 is 1.09 bits per heavy atom. The predicted molar refractivity (Wildman–Crippen MR) is 76.7 cm³/mol. The van der Waals surface area contributed by atoms with E-state index in [4.69, 9.17) is 10.4 Å². The van der Waals surface area contributed by atoms with Crippen molar-refractivity contribution in [3.63, 3.8) is 0 Å². The van der Waals surface area contributed by atoms with E-state index in [1.54, 1.807) is 0 Å². The molecule has 0 unspecified atom stereocenters. The molecule has 23 heavy (non-hydrogen) atoms. The molecular formula is C15H18Br2N4O2. The maximum Gasteiger partial charge on any atom is 0.169 e. The van der Waals surface area contributed by atoms with Gasteiger partial charge in [0.15, 0.2) is 37.9 Å². The van der Waals surface area contributed by atoms with Crippen LogP contribution in [0.3, 0.4) is 0 Å². The molecule has 0 spiro atoms. The fourth-order valence-electron chi connectivity index (χ4n) is 1.98. The molecule has 0 aliphatic rings. The average molecular weight is 446 g/mol. The fraction of sp³-hybridized carbons (Fsp3) is 0.200. The molecule has 2 N–H and O–H groups in total. The van der Waals surface area contributed by atoms with Gasteiger partial charge in [-0.05, 0) is 0 Å². The molecule has 124 valence electrons. The molecule has 0 radical (unpaired) electrons. The standard InChI is InChI=1S/C15H16N4O2.2BrH/c20-16-12-14-2-8-18(9-3-14)6-1-7-19-10-4-15(5-11-19)13-17-21;;/h2-5,8-13H,1,6-7H2;2*1H. The van der Waals surface area contributed by atoms with Crippen molar-refractivity contribution in [2.75, 3.05) is 0 Å². The van der Waals surface area contributed by atoms with Gasteiger partial charge < -0.3 is 44.4 Å². The van der Waals surface area contributed by atoms with E-state index < -0.39 is 0 Å². The molecule has 0 atom stereocenters. The predicted octanol–water partition coefficient (Wildman–Crippen LogP) is -5.02. The Bertz CT molecular complexity index is 561. The minimum absolute atomic E-state index is 0. The first-order valence-corrected chi connectivity index (χ1v) is 6.65. The highest BCUT2D eigenvalue weighted by Gasteiger charge is 2.04. The SMILES string of the molecule is O/N=C/c1cc[n+](CCC[n+]2ccc(/C=N/O)cc2)cc1.[Br-].[Br-]. The first kappa shape index (κ1) is 21.2. The normalized spacial score (nSPS) is 10.4. The molecule has 0 saturated heterocycles. The van der Waals surface area contributed by atoms with Crippen molar-refractivity contribution in [2.45, 2.75) is 19.5 Å². The summed E-state index contributed by atoms with van der Waals surface area (Å²) in [6.07, 6.45) is 11.6. The van der Waals surface area contributed by atoms with Crippen LogP contribution in [-0.4, -0.2) is 22.8 Å². The van der Waals surface area contributed by atoms with Crippen LogP contribution in [0.25, 0.3) is 0 Å². The third-order valence-electron chi connectivity index (χ3n) is 3.08. The quantitative estimate of drug-likeness (QED) is 0.202. The van der Waals surface area contributed by atoms with Crippen LogP contribution in [0.15, 0.2) is 59.4 Å². The first-order valence-electron chi connectivity index (χ1n) is 6.65. The van der Waals surface area contributed by atoms with Gasteiger partial charge in [0.05, 0.1) is 18.9 Å². The van der Waals surface area contributed by atoms with Gasteiger partial charge in [0.1, 0.15) is 0 Å². The van der Waals surface area contributed by atoms with E-state index in [0.29, 0.717) is 0 Å². The van der Waals surface area contributed by atoms with Gasteiger partial charge in [0.25, 0.3) is 0 Å². The maximum absolute atomic E-state index is 8.45. The summed E-state index contributed by atoms with van der Waals surface area (Å²) >= 11 is 0. The van der Waals surface area contributed by atoms with Gasteiger partial charge >= 0.3 is 0 Å². The number of aromatic nitrogens is 2. The molecule has 6 nitrogen and oxygen atoms in total. The van der Waals surface area contributed by atoms with E-state index in [0.717, 1.165) is 30.6 Å². The number of halogens is 2. The van der Waals surface area contributed by atoms with Gasteiger partial charge in [-0.15, -0.1) is 0 Å². The summed E-state index contributed by atoms with van der Waals surface area (Å²) in [5.74, 6) is 0. The van der Waals surface area contributed by atoms with Crippen molar-refractivity contribution in [1.29, 1.82) is 0 Å². The second-order valence-electron chi connectivity index (χ2n) is 4.58. The summed E-state index contributed by atoms with van der Waals surface area (Å²) in [6.45, 7) is 1.81. The summed E-state index contributed by atoms with van der Waals surface area (Å²) < 4.78 is 4.17. The molecule has 0 bridgehead atoms. The highest BCUT2D eigenvalue weighted by atomic mass is 79.9. The lowest BCUT2D eigenvalue weighted by Gasteiger charge is -1.97. The third-order valence-corrected chi connectivity index (χ3v) is 3.08. The van der Waals surface area contributed by atoms with Gasteiger partial charge in [0, 0.05) is 35.4 Å². The molecule has 0 aromatic carbocycles. The molecule has 0 amide bonds. The van der Waals surface area contributed by atoms with Gasteiger partial charge in [-0.25, -0.2) is 9.13 Å². The van der Waals surface area contributed by atoms with Crippen LogP contribution in [0.4, 0.5) is 0 Å². The van der Waals surface area contributed by atoms with E-state index in [1.165, 1.54) is 12.4 Å². The van der Waals surface area contributed by atoms with Crippen LogP contribution in [0, 0.1) is 0 Å². The summed E-state index contributed by atoms with van der Waals surface area (Å²) in [4.78, 5) is 0. The Balaban J connectivity index is 0.00000242. The molecule has 2 aromatic heterocycles. The number of aryl methyl sites for hydroxylation is 2. The van der Waals surface area contributed by atoms with Gasteiger partial charge in [-0.2, -0.15) is 0 Å². The lowest BCUT2D eigenvalue weighted by atomic mass is 10.3. The molecule has 0 saturated carbocycles. The number of nitrogens with zero attached hydrogens (tertiary/aromatic N) is 4. The van der Waals surface area contributed by atoms with Crippen LogP contribution in [0.1, 0.15) is 17.5 Å². The topological polar surface area (TPSA) is 72.9 Å². The van der Waals surface area contributed by atoms with E-state index in [2.05, 4.69) is 19.4 Å². The zero-order valence-electron chi connectivity index (χ0n) is 12.3. The lowest BCUT2D eigenvalue weighted by molar-refractivity contribution is -0.726. The Hall–Kier alpha value is -1.80. The number of oxime groups is 2. The number of hydrogen-bond donors (Lipinski definition) is 2. The number of pyridine rings is 2. The van der Waals surface area contributed by atoms with Crippen LogP contribution in [-0.2, 0) is 13.1 Å². The molecular weight excluding hydrogens is 428 g/mol. The first-order chi connectivity index (χ1) is 10.3. The van der Waals surface area contributed by atoms with E-state index in [9.17, 15) is 0 Å². The zero-order chi connectivity index (χ0) is 14.9. The molecule has 0 aliphatic heterocycles. The van der Waals surface area contributed by atoms with Crippen molar-refractivity contribution in [1.82, 2.24) is 0 Å². The van der Waals surface area contributed by atoms with Gasteiger partial charge in [-0.3, -0.25) is 0 Å².